The third-order valence-electron chi connectivity index (χ3n) is 4.87. The van der Waals surface area contributed by atoms with E-state index in [1.807, 2.05) is 29.3 Å². The van der Waals surface area contributed by atoms with Crippen LogP contribution in [0.1, 0.15) is 24.6 Å². The second kappa shape index (κ2) is 8.73. The molecule has 1 saturated heterocycles. The van der Waals surface area contributed by atoms with E-state index in [1.54, 1.807) is 23.5 Å². The molecule has 1 aliphatic heterocycles. The molecule has 0 N–H and O–H groups in total. The highest BCUT2D eigenvalue weighted by molar-refractivity contribution is 7.89. The zero-order valence-corrected chi connectivity index (χ0v) is 17.6. The van der Waals surface area contributed by atoms with E-state index in [9.17, 15) is 13.2 Å². The largest absolute Gasteiger partial charge is 0.338 e. The molecule has 1 aromatic heterocycles. The highest BCUT2D eigenvalue weighted by Gasteiger charge is 2.33. The lowest BCUT2D eigenvalue weighted by Crippen LogP contribution is -2.44. The molecule has 1 fully saturated rings. The number of carbonyl (C=O) groups excluding carboxylic acids is 1. The van der Waals surface area contributed by atoms with Crippen molar-refractivity contribution >= 4 is 38.9 Å². The number of amides is 1. The molecule has 2 aromatic rings. The monoisotopic (exact) mass is 426 g/mol. The second-order valence-electron chi connectivity index (χ2n) is 6.56. The van der Waals surface area contributed by atoms with Gasteiger partial charge in [-0.05, 0) is 55.5 Å². The molecule has 5 nitrogen and oxygen atoms in total. The summed E-state index contributed by atoms with van der Waals surface area (Å²) in [5, 5.41) is 2.51. The predicted octanol–water partition coefficient (Wildman–Crippen LogP) is 3.85. The fourth-order valence-electron chi connectivity index (χ4n) is 3.29. The number of hydrogen-bond donors (Lipinski definition) is 0. The van der Waals surface area contributed by atoms with Crippen LogP contribution < -0.4 is 0 Å². The molecular weight excluding hydrogens is 404 g/mol. The van der Waals surface area contributed by atoms with Crippen molar-refractivity contribution in [2.45, 2.75) is 31.2 Å². The lowest BCUT2D eigenvalue weighted by molar-refractivity contribution is -0.137. The number of carbonyl (C=O) groups is 1. The molecule has 0 aliphatic carbocycles. The number of piperidine rings is 1. The van der Waals surface area contributed by atoms with Crippen LogP contribution in [-0.4, -0.2) is 43.2 Å². The zero-order chi connectivity index (χ0) is 19.4. The van der Waals surface area contributed by atoms with Gasteiger partial charge in [0.25, 0.3) is 0 Å². The molecule has 0 unspecified atom stereocenters. The first kappa shape index (κ1) is 20.3. The van der Waals surface area contributed by atoms with Crippen molar-refractivity contribution in [3.63, 3.8) is 0 Å². The van der Waals surface area contributed by atoms with E-state index in [4.69, 9.17) is 11.6 Å². The first-order valence-electron chi connectivity index (χ1n) is 8.98. The van der Waals surface area contributed by atoms with Crippen LogP contribution in [0.3, 0.4) is 0 Å². The lowest BCUT2D eigenvalue weighted by Gasteiger charge is -2.33. The summed E-state index contributed by atoms with van der Waals surface area (Å²) >= 11 is 7.49. The van der Waals surface area contributed by atoms with Crippen LogP contribution in [0.15, 0.2) is 46.7 Å². The van der Waals surface area contributed by atoms with Gasteiger partial charge in [-0.2, -0.15) is 4.31 Å². The molecule has 27 heavy (non-hydrogen) atoms. The van der Waals surface area contributed by atoms with Crippen molar-refractivity contribution in [2.24, 2.45) is 5.92 Å². The highest BCUT2D eigenvalue weighted by Crippen LogP contribution is 2.26. The molecule has 1 aliphatic rings. The number of rotatable bonds is 6. The van der Waals surface area contributed by atoms with Crippen molar-refractivity contribution < 1.29 is 13.2 Å². The summed E-state index contributed by atoms with van der Waals surface area (Å²) in [7, 11) is -3.54. The lowest BCUT2D eigenvalue weighted by atomic mass is 9.96. The molecule has 0 radical (unpaired) electrons. The fourth-order valence-corrected chi connectivity index (χ4v) is 5.61. The molecule has 0 atom stereocenters. The smallest absolute Gasteiger partial charge is 0.243 e. The minimum Gasteiger partial charge on any atom is -0.338 e. The Hall–Kier alpha value is -1.41. The normalized spacial score (nSPS) is 16.4. The first-order chi connectivity index (χ1) is 12.9. The Morgan fingerprint density at radius 2 is 1.89 bits per heavy atom. The quantitative estimate of drug-likeness (QED) is 0.704. The summed E-state index contributed by atoms with van der Waals surface area (Å²) in [5.41, 5.74) is 0. The number of benzene rings is 1. The maximum Gasteiger partial charge on any atom is 0.243 e. The van der Waals surface area contributed by atoms with E-state index >= 15 is 0 Å². The van der Waals surface area contributed by atoms with E-state index in [0.29, 0.717) is 44.0 Å². The maximum atomic E-state index is 12.9. The van der Waals surface area contributed by atoms with Crippen molar-refractivity contribution in [2.75, 3.05) is 19.6 Å². The summed E-state index contributed by atoms with van der Waals surface area (Å²) in [6.07, 6.45) is 1.10. The summed E-state index contributed by atoms with van der Waals surface area (Å²) < 4.78 is 27.0. The SMILES string of the molecule is CCN(Cc1cccs1)C(=O)C1CCN(S(=O)(=O)c2ccc(Cl)cc2)CC1. The van der Waals surface area contributed by atoms with Crippen molar-refractivity contribution in [1.82, 2.24) is 9.21 Å². The number of halogens is 1. The Bertz CT molecular complexity index is 859. The van der Waals surface area contributed by atoms with Gasteiger partial charge >= 0.3 is 0 Å². The van der Waals surface area contributed by atoms with Crippen LogP contribution in [-0.2, 0) is 21.4 Å². The van der Waals surface area contributed by atoms with Gasteiger partial charge in [-0.15, -0.1) is 11.3 Å². The molecule has 3 rings (SSSR count). The van der Waals surface area contributed by atoms with Crippen LogP contribution in [0.5, 0.6) is 0 Å². The Kier molecular flexibility index (Phi) is 6.57. The molecule has 0 spiro atoms. The Morgan fingerprint density at radius 3 is 2.44 bits per heavy atom. The molecule has 8 heteroatoms. The van der Waals surface area contributed by atoms with Gasteiger partial charge in [-0.3, -0.25) is 4.79 Å². The Morgan fingerprint density at radius 1 is 1.22 bits per heavy atom. The van der Waals surface area contributed by atoms with Gasteiger partial charge in [0.1, 0.15) is 0 Å². The van der Waals surface area contributed by atoms with Crippen LogP contribution in [0.2, 0.25) is 5.02 Å². The number of nitrogens with zero attached hydrogens (tertiary/aromatic N) is 2. The van der Waals surface area contributed by atoms with E-state index in [-0.39, 0.29) is 16.7 Å². The molecule has 1 amide bonds. The summed E-state index contributed by atoms with van der Waals surface area (Å²) in [4.78, 5) is 16.1. The zero-order valence-electron chi connectivity index (χ0n) is 15.2. The average molecular weight is 427 g/mol. The second-order valence-corrected chi connectivity index (χ2v) is 9.97. The van der Waals surface area contributed by atoms with Gasteiger partial charge in [0.05, 0.1) is 11.4 Å². The predicted molar refractivity (Wildman–Crippen MR) is 108 cm³/mol. The first-order valence-corrected chi connectivity index (χ1v) is 11.7. The van der Waals surface area contributed by atoms with Gasteiger partial charge in [-0.25, -0.2) is 8.42 Å². The van der Waals surface area contributed by atoms with E-state index in [2.05, 4.69) is 0 Å². The number of sulfonamides is 1. The topological polar surface area (TPSA) is 57.7 Å². The minimum atomic E-state index is -3.54. The van der Waals surface area contributed by atoms with Crippen molar-refractivity contribution in [3.05, 3.63) is 51.7 Å². The molecule has 146 valence electrons. The van der Waals surface area contributed by atoms with Gasteiger partial charge in [-0.1, -0.05) is 17.7 Å². The average Bonchev–Trinajstić information content (AvgIpc) is 3.19. The van der Waals surface area contributed by atoms with Gasteiger partial charge in [0, 0.05) is 35.5 Å². The van der Waals surface area contributed by atoms with E-state index < -0.39 is 10.0 Å². The molecule has 1 aromatic carbocycles. The summed E-state index contributed by atoms with van der Waals surface area (Å²) in [5.74, 6) is -0.00368. The van der Waals surface area contributed by atoms with Crippen LogP contribution >= 0.6 is 22.9 Å². The highest BCUT2D eigenvalue weighted by atomic mass is 35.5. The van der Waals surface area contributed by atoms with E-state index in [1.165, 1.54) is 16.4 Å². The third kappa shape index (κ3) is 4.71. The minimum absolute atomic E-state index is 0.120. The summed E-state index contributed by atoms with van der Waals surface area (Å²) in [6, 6.07) is 10.2. The van der Waals surface area contributed by atoms with Crippen LogP contribution in [0.4, 0.5) is 0 Å². The van der Waals surface area contributed by atoms with Crippen LogP contribution in [0.25, 0.3) is 0 Å². The molecule has 2 heterocycles. The summed E-state index contributed by atoms with van der Waals surface area (Å²) in [6.45, 7) is 3.97. The van der Waals surface area contributed by atoms with E-state index in [0.717, 1.165) is 4.88 Å². The molecular formula is C19H23ClN2O3S2. The Balaban J connectivity index is 1.62. The number of thiophene rings is 1. The molecule has 0 saturated carbocycles. The third-order valence-corrected chi connectivity index (χ3v) is 7.90. The van der Waals surface area contributed by atoms with Gasteiger partial charge < -0.3 is 4.90 Å². The van der Waals surface area contributed by atoms with Crippen molar-refractivity contribution in [3.8, 4) is 0 Å². The van der Waals surface area contributed by atoms with Gasteiger partial charge in [0.2, 0.25) is 15.9 Å². The Labute approximate surface area is 169 Å². The maximum absolute atomic E-state index is 12.9. The van der Waals surface area contributed by atoms with Gasteiger partial charge in [0.15, 0.2) is 0 Å². The number of hydrogen-bond acceptors (Lipinski definition) is 4. The van der Waals surface area contributed by atoms with Crippen LogP contribution in [0, 0.1) is 5.92 Å². The standard InChI is InChI=1S/C19H23ClN2O3S2/c1-2-21(14-17-4-3-13-26-17)19(23)15-9-11-22(12-10-15)27(24,25)18-7-5-16(20)6-8-18/h3-8,13,15H,2,9-12,14H2,1H3. The molecule has 0 bridgehead atoms. The fraction of sp³-hybridized carbons (Fsp3) is 0.421. The van der Waals surface area contributed by atoms with Crippen molar-refractivity contribution in [1.29, 1.82) is 0 Å².